The molecule has 0 aliphatic carbocycles. The molecule has 1 aliphatic heterocycles. The minimum atomic E-state index is -3.36. The van der Waals surface area contributed by atoms with E-state index in [1.165, 1.54) is 18.2 Å². The Morgan fingerprint density at radius 1 is 1.33 bits per heavy atom. The Morgan fingerprint density at radius 2 is 2.00 bits per heavy atom. The van der Waals surface area contributed by atoms with E-state index >= 15 is 0 Å². The van der Waals surface area contributed by atoms with Crippen molar-refractivity contribution in [3.05, 3.63) is 29.6 Å². The summed E-state index contributed by atoms with van der Waals surface area (Å²) in [6.45, 7) is 1.85. The first-order valence-electron chi connectivity index (χ1n) is 6.16. The molecule has 0 amide bonds. The molecule has 100 valence electrons. The van der Waals surface area contributed by atoms with E-state index in [0.29, 0.717) is 17.9 Å². The van der Waals surface area contributed by atoms with Crippen LogP contribution in [0.5, 0.6) is 0 Å². The highest BCUT2D eigenvalue weighted by molar-refractivity contribution is 7.90. The standard InChI is InChI=1S/C13H18FNO2S/c1-18(16,17)13-4-2-3-12(14)11(13)9-10-5-7-15-8-6-10/h2-4,10,15H,5-9H2,1H3. The lowest BCUT2D eigenvalue weighted by Crippen LogP contribution is -2.29. The van der Waals surface area contributed by atoms with Gasteiger partial charge in [-0.2, -0.15) is 0 Å². The van der Waals surface area contributed by atoms with Gasteiger partial charge in [-0.25, -0.2) is 12.8 Å². The number of sulfone groups is 1. The Bertz CT molecular complexity index is 522. The average Bonchev–Trinajstić information content (AvgIpc) is 2.32. The maximum Gasteiger partial charge on any atom is 0.175 e. The highest BCUT2D eigenvalue weighted by Gasteiger charge is 2.21. The maximum atomic E-state index is 13.9. The van der Waals surface area contributed by atoms with Gasteiger partial charge < -0.3 is 5.32 Å². The van der Waals surface area contributed by atoms with Crippen molar-refractivity contribution in [2.24, 2.45) is 5.92 Å². The Hall–Kier alpha value is -0.940. The van der Waals surface area contributed by atoms with Crippen LogP contribution in [-0.4, -0.2) is 27.8 Å². The van der Waals surface area contributed by atoms with Crippen LogP contribution in [0, 0.1) is 11.7 Å². The van der Waals surface area contributed by atoms with Gasteiger partial charge >= 0.3 is 0 Å². The molecule has 1 saturated heterocycles. The monoisotopic (exact) mass is 271 g/mol. The summed E-state index contributed by atoms with van der Waals surface area (Å²) in [5, 5.41) is 3.25. The molecule has 1 aliphatic rings. The van der Waals surface area contributed by atoms with Crippen molar-refractivity contribution in [3.63, 3.8) is 0 Å². The fourth-order valence-corrected chi connectivity index (χ4v) is 3.41. The molecule has 0 spiro atoms. The zero-order valence-corrected chi connectivity index (χ0v) is 11.3. The smallest absolute Gasteiger partial charge is 0.175 e. The molecule has 1 aromatic rings. The first-order valence-corrected chi connectivity index (χ1v) is 8.06. The van der Waals surface area contributed by atoms with Crippen molar-refractivity contribution >= 4 is 9.84 Å². The third-order valence-electron chi connectivity index (χ3n) is 3.43. The van der Waals surface area contributed by atoms with Crippen LogP contribution in [0.2, 0.25) is 0 Å². The van der Waals surface area contributed by atoms with Crippen LogP contribution in [0.25, 0.3) is 0 Å². The molecule has 2 rings (SSSR count). The molecular formula is C13H18FNO2S. The van der Waals surface area contributed by atoms with Gasteiger partial charge in [-0.1, -0.05) is 6.07 Å². The van der Waals surface area contributed by atoms with Crippen LogP contribution >= 0.6 is 0 Å². The van der Waals surface area contributed by atoms with Crippen molar-refractivity contribution < 1.29 is 12.8 Å². The van der Waals surface area contributed by atoms with Crippen molar-refractivity contribution in [1.29, 1.82) is 0 Å². The van der Waals surface area contributed by atoms with Gasteiger partial charge in [-0.3, -0.25) is 0 Å². The number of benzene rings is 1. The Kier molecular flexibility index (Phi) is 4.02. The highest BCUT2D eigenvalue weighted by Crippen LogP contribution is 2.25. The summed E-state index contributed by atoms with van der Waals surface area (Å²) >= 11 is 0. The van der Waals surface area contributed by atoms with E-state index in [1.54, 1.807) is 0 Å². The second kappa shape index (κ2) is 5.36. The lowest BCUT2D eigenvalue weighted by Gasteiger charge is -2.23. The van der Waals surface area contributed by atoms with Gasteiger partial charge in [0.2, 0.25) is 0 Å². The number of piperidine rings is 1. The number of hydrogen-bond donors (Lipinski definition) is 1. The molecule has 3 nitrogen and oxygen atoms in total. The molecule has 1 aromatic carbocycles. The van der Waals surface area contributed by atoms with E-state index in [9.17, 15) is 12.8 Å². The SMILES string of the molecule is CS(=O)(=O)c1cccc(F)c1CC1CCNCC1. The molecule has 0 atom stereocenters. The molecule has 0 saturated carbocycles. The topological polar surface area (TPSA) is 46.2 Å². The van der Waals surface area contributed by atoms with Gasteiger partial charge in [0.25, 0.3) is 0 Å². The van der Waals surface area contributed by atoms with Gasteiger partial charge in [0.05, 0.1) is 4.90 Å². The van der Waals surface area contributed by atoms with Crippen molar-refractivity contribution in [1.82, 2.24) is 5.32 Å². The van der Waals surface area contributed by atoms with Gasteiger partial charge in [0, 0.05) is 11.8 Å². The summed E-state index contributed by atoms with van der Waals surface area (Å²) in [4.78, 5) is 0.140. The molecular weight excluding hydrogens is 253 g/mol. The Morgan fingerprint density at radius 3 is 2.61 bits per heavy atom. The summed E-state index contributed by atoms with van der Waals surface area (Å²) in [5.74, 6) is -0.0416. The predicted octanol–water partition coefficient (Wildman–Crippen LogP) is 1.77. The van der Waals surface area contributed by atoms with Crippen LogP contribution < -0.4 is 5.32 Å². The van der Waals surface area contributed by atoms with E-state index in [0.717, 1.165) is 32.2 Å². The zero-order valence-electron chi connectivity index (χ0n) is 10.4. The minimum Gasteiger partial charge on any atom is -0.317 e. The molecule has 1 N–H and O–H groups in total. The first-order chi connectivity index (χ1) is 8.48. The average molecular weight is 271 g/mol. The Balaban J connectivity index is 2.31. The van der Waals surface area contributed by atoms with E-state index in [1.807, 2.05) is 0 Å². The highest BCUT2D eigenvalue weighted by atomic mass is 32.2. The normalized spacial score (nSPS) is 17.9. The number of hydrogen-bond acceptors (Lipinski definition) is 3. The van der Waals surface area contributed by atoms with E-state index in [2.05, 4.69) is 5.32 Å². The van der Waals surface area contributed by atoms with Gasteiger partial charge in [0.1, 0.15) is 5.82 Å². The van der Waals surface area contributed by atoms with Crippen LogP contribution in [0.4, 0.5) is 4.39 Å². The summed E-state index contributed by atoms with van der Waals surface area (Å²) < 4.78 is 37.2. The number of halogens is 1. The maximum absolute atomic E-state index is 13.9. The molecule has 0 unspecified atom stereocenters. The fraction of sp³-hybridized carbons (Fsp3) is 0.538. The zero-order chi connectivity index (χ0) is 13.2. The van der Waals surface area contributed by atoms with Crippen molar-refractivity contribution in [3.8, 4) is 0 Å². The molecule has 5 heteroatoms. The van der Waals surface area contributed by atoms with Gasteiger partial charge in [-0.15, -0.1) is 0 Å². The molecule has 0 aromatic heterocycles. The van der Waals surface area contributed by atoms with Crippen molar-refractivity contribution in [2.45, 2.75) is 24.2 Å². The first kappa shape index (κ1) is 13.5. The third kappa shape index (κ3) is 3.09. The van der Waals surface area contributed by atoms with Crippen molar-refractivity contribution in [2.75, 3.05) is 19.3 Å². The largest absolute Gasteiger partial charge is 0.317 e. The summed E-state index contributed by atoms with van der Waals surface area (Å²) in [5.41, 5.74) is 0.354. The fourth-order valence-electron chi connectivity index (χ4n) is 2.46. The number of rotatable bonds is 3. The van der Waals surface area contributed by atoms with Crippen LogP contribution in [0.1, 0.15) is 18.4 Å². The Labute approximate surface area is 107 Å². The lowest BCUT2D eigenvalue weighted by molar-refractivity contribution is 0.366. The van der Waals surface area contributed by atoms with E-state index in [4.69, 9.17) is 0 Å². The number of nitrogens with one attached hydrogen (secondary N) is 1. The second-order valence-corrected chi connectivity index (χ2v) is 6.87. The lowest BCUT2D eigenvalue weighted by atomic mass is 9.91. The quantitative estimate of drug-likeness (QED) is 0.911. The molecule has 0 bridgehead atoms. The molecule has 18 heavy (non-hydrogen) atoms. The van der Waals surface area contributed by atoms with Gasteiger partial charge in [-0.05, 0) is 50.4 Å². The minimum absolute atomic E-state index is 0.140. The predicted molar refractivity (Wildman–Crippen MR) is 68.8 cm³/mol. The molecule has 1 fully saturated rings. The van der Waals surface area contributed by atoms with E-state index < -0.39 is 15.7 Å². The second-order valence-electron chi connectivity index (χ2n) is 4.89. The van der Waals surface area contributed by atoms with Crippen LogP contribution in [0.15, 0.2) is 23.1 Å². The van der Waals surface area contributed by atoms with Gasteiger partial charge in [0.15, 0.2) is 9.84 Å². The summed E-state index contributed by atoms with van der Waals surface area (Å²) in [6, 6.07) is 4.29. The van der Waals surface area contributed by atoms with E-state index in [-0.39, 0.29) is 4.90 Å². The molecule has 0 radical (unpaired) electrons. The van der Waals surface area contributed by atoms with Crippen LogP contribution in [0.3, 0.4) is 0 Å². The summed E-state index contributed by atoms with van der Waals surface area (Å²) in [7, 11) is -3.36. The van der Waals surface area contributed by atoms with Crippen LogP contribution in [-0.2, 0) is 16.3 Å². The third-order valence-corrected chi connectivity index (χ3v) is 4.61. The summed E-state index contributed by atoms with van der Waals surface area (Å²) in [6.07, 6.45) is 3.58. The molecule has 1 heterocycles.